The van der Waals surface area contributed by atoms with Gasteiger partial charge in [-0.1, -0.05) is 45.2 Å². The third kappa shape index (κ3) is 4.61. The van der Waals surface area contributed by atoms with Crippen molar-refractivity contribution in [3.05, 3.63) is 48.2 Å². The van der Waals surface area contributed by atoms with Crippen LogP contribution >= 0.6 is 0 Å². The van der Waals surface area contributed by atoms with Crippen LogP contribution in [0.15, 0.2) is 47.5 Å². The smallest absolute Gasteiger partial charge is 0.175 e. The molecule has 2 heterocycles. The highest BCUT2D eigenvalue weighted by atomic mass is 32.2. The molecule has 0 radical (unpaired) electrons. The molecule has 160 valence electrons. The van der Waals surface area contributed by atoms with E-state index in [0.717, 1.165) is 35.8 Å². The molecule has 1 aromatic carbocycles. The number of rotatable bonds is 6. The Balaban J connectivity index is 1.73. The van der Waals surface area contributed by atoms with Crippen molar-refractivity contribution in [3.8, 4) is 11.3 Å². The zero-order valence-corrected chi connectivity index (χ0v) is 19.1. The first-order valence-corrected chi connectivity index (χ1v) is 13.0. The average Bonchev–Trinajstić information content (AvgIpc) is 3.04. The normalized spacial score (nSPS) is 15.9. The lowest BCUT2D eigenvalue weighted by atomic mass is 9.89. The summed E-state index contributed by atoms with van der Waals surface area (Å²) < 4.78 is 25.9. The van der Waals surface area contributed by atoms with E-state index in [2.05, 4.69) is 36.7 Å². The summed E-state index contributed by atoms with van der Waals surface area (Å²) in [6.45, 7) is 5.56. The minimum atomic E-state index is -3.19. The summed E-state index contributed by atoms with van der Waals surface area (Å²) in [6, 6.07) is 11.3. The van der Waals surface area contributed by atoms with E-state index >= 15 is 0 Å². The van der Waals surface area contributed by atoms with Crippen LogP contribution in [-0.4, -0.2) is 24.2 Å². The van der Waals surface area contributed by atoms with Gasteiger partial charge in [-0.3, -0.25) is 0 Å². The fourth-order valence-electron chi connectivity index (χ4n) is 4.66. The molecule has 2 aromatic heterocycles. The Bertz CT molecular complexity index is 1120. The molecule has 30 heavy (non-hydrogen) atoms. The Morgan fingerprint density at radius 1 is 1.03 bits per heavy atom. The number of pyridine rings is 1. The van der Waals surface area contributed by atoms with Crippen molar-refractivity contribution >= 4 is 20.9 Å². The number of sulfone groups is 1. The van der Waals surface area contributed by atoms with Crippen molar-refractivity contribution in [1.29, 1.82) is 0 Å². The van der Waals surface area contributed by atoms with Gasteiger partial charge in [0.25, 0.3) is 0 Å². The van der Waals surface area contributed by atoms with Crippen molar-refractivity contribution in [2.75, 3.05) is 6.26 Å². The van der Waals surface area contributed by atoms with Crippen molar-refractivity contribution < 1.29 is 8.42 Å². The first kappa shape index (κ1) is 21.1. The number of fused-ring (bicyclic) bond motifs is 1. The molecular weight excluding hydrogens is 392 g/mol. The van der Waals surface area contributed by atoms with Gasteiger partial charge < -0.3 is 4.57 Å². The first-order chi connectivity index (χ1) is 14.3. The molecule has 4 nitrogen and oxygen atoms in total. The zero-order chi connectivity index (χ0) is 21.3. The highest BCUT2D eigenvalue weighted by molar-refractivity contribution is 7.90. The molecular formula is C25H32N2O2S. The van der Waals surface area contributed by atoms with Gasteiger partial charge in [-0.2, -0.15) is 0 Å². The van der Waals surface area contributed by atoms with Crippen LogP contribution in [0, 0.1) is 11.8 Å². The summed E-state index contributed by atoms with van der Waals surface area (Å²) in [5.74, 6) is 1.34. The monoisotopic (exact) mass is 424 g/mol. The van der Waals surface area contributed by atoms with E-state index < -0.39 is 9.84 Å². The van der Waals surface area contributed by atoms with E-state index in [0.29, 0.717) is 10.8 Å². The summed E-state index contributed by atoms with van der Waals surface area (Å²) in [7, 11) is -3.19. The molecule has 0 unspecified atom stereocenters. The van der Waals surface area contributed by atoms with E-state index in [9.17, 15) is 8.42 Å². The molecule has 1 aliphatic rings. The van der Waals surface area contributed by atoms with Crippen LogP contribution in [0.4, 0.5) is 0 Å². The van der Waals surface area contributed by atoms with Crippen LogP contribution in [-0.2, 0) is 22.8 Å². The van der Waals surface area contributed by atoms with Gasteiger partial charge in [-0.25, -0.2) is 13.4 Å². The maximum Gasteiger partial charge on any atom is 0.175 e. The second kappa shape index (κ2) is 8.54. The molecule has 5 heteroatoms. The highest BCUT2D eigenvalue weighted by Gasteiger charge is 2.18. The molecule has 0 saturated heterocycles. The molecule has 0 amide bonds. The summed E-state index contributed by atoms with van der Waals surface area (Å²) >= 11 is 0. The lowest BCUT2D eigenvalue weighted by molar-refractivity contribution is 0.322. The second-order valence-corrected chi connectivity index (χ2v) is 11.3. The quantitative estimate of drug-likeness (QED) is 0.496. The van der Waals surface area contributed by atoms with Crippen molar-refractivity contribution in [2.45, 2.75) is 63.8 Å². The summed E-state index contributed by atoms with van der Waals surface area (Å²) in [4.78, 5) is 5.38. The highest BCUT2D eigenvalue weighted by Crippen LogP contribution is 2.30. The molecule has 1 aliphatic carbocycles. The minimum absolute atomic E-state index is 0.340. The number of benzene rings is 1. The van der Waals surface area contributed by atoms with Crippen LogP contribution in [0.5, 0.6) is 0 Å². The van der Waals surface area contributed by atoms with Crippen LogP contribution in [0.3, 0.4) is 0 Å². The zero-order valence-electron chi connectivity index (χ0n) is 18.3. The Morgan fingerprint density at radius 3 is 2.37 bits per heavy atom. The lowest BCUT2D eigenvalue weighted by Gasteiger charge is -2.22. The van der Waals surface area contributed by atoms with Crippen LogP contribution in [0.1, 0.15) is 51.5 Å². The van der Waals surface area contributed by atoms with E-state index in [1.165, 1.54) is 49.3 Å². The van der Waals surface area contributed by atoms with Crippen molar-refractivity contribution in [3.63, 3.8) is 0 Å². The number of hydrogen-bond acceptors (Lipinski definition) is 3. The van der Waals surface area contributed by atoms with Gasteiger partial charge in [0.1, 0.15) is 5.65 Å². The number of nitrogens with zero attached hydrogens (tertiary/aromatic N) is 2. The van der Waals surface area contributed by atoms with Crippen LogP contribution in [0.2, 0.25) is 0 Å². The summed E-state index contributed by atoms with van der Waals surface area (Å²) in [5, 5.41) is 1.25. The number of aromatic nitrogens is 2. The van der Waals surface area contributed by atoms with Gasteiger partial charge in [-0.05, 0) is 60.9 Å². The Kier molecular flexibility index (Phi) is 6.01. The third-order valence-electron chi connectivity index (χ3n) is 6.19. The van der Waals surface area contributed by atoms with Crippen LogP contribution < -0.4 is 0 Å². The van der Waals surface area contributed by atoms with Gasteiger partial charge in [0.2, 0.25) is 0 Å². The molecule has 3 aromatic rings. The molecule has 1 fully saturated rings. The summed E-state index contributed by atoms with van der Waals surface area (Å²) in [5.41, 5.74) is 4.27. The molecule has 0 spiro atoms. The molecule has 4 rings (SSSR count). The minimum Gasteiger partial charge on any atom is -0.332 e. The Morgan fingerprint density at radius 2 is 1.73 bits per heavy atom. The van der Waals surface area contributed by atoms with Crippen molar-refractivity contribution in [1.82, 2.24) is 9.55 Å². The fourth-order valence-corrected chi connectivity index (χ4v) is 5.29. The molecule has 0 N–H and O–H groups in total. The standard InChI is InChI=1S/C25H32N2O2S/c1-18(2)15-21-17-27(16-19-7-5-4-6-8-19)25-23(21)13-14-24(26-25)20-9-11-22(12-10-20)30(3,28)29/h9-14,17-19H,4-8,15-16H2,1-3H3. The number of hydrogen-bond donors (Lipinski definition) is 0. The van der Waals surface area contributed by atoms with E-state index in [4.69, 9.17) is 4.98 Å². The van der Waals surface area contributed by atoms with Gasteiger partial charge in [-0.15, -0.1) is 0 Å². The van der Waals surface area contributed by atoms with Crippen LogP contribution in [0.25, 0.3) is 22.3 Å². The first-order valence-electron chi connectivity index (χ1n) is 11.1. The van der Waals surface area contributed by atoms with Gasteiger partial charge >= 0.3 is 0 Å². The molecule has 0 aliphatic heterocycles. The van der Waals surface area contributed by atoms with Crippen molar-refractivity contribution in [2.24, 2.45) is 11.8 Å². The Labute approximate surface area is 180 Å². The second-order valence-electron chi connectivity index (χ2n) is 9.27. The topological polar surface area (TPSA) is 52.0 Å². The Hall–Kier alpha value is -2.14. The molecule has 0 bridgehead atoms. The SMILES string of the molecule is CC(C)Cc1cn(CC2CCCCC2)c2nc(-c3ccc(S(C)(=O)=O)cc3)ccc12. The third-order valence-corrected chi connectivity index (χ3v) is 7.32. The molecule has 1 saturated carbocycles. The van der Waals surface area contributed by atoms with E-state index in [1.807, 2.05) is 12.1 Å². The van der Waals surface area contributed by atoms with Gasteiger partial charge in [0.05, 0.1) is 10.6 Å². The largest absolute Gasteiger partial charge is 0.332 e. The van der Waals surface area contributed by atoms with Gasteiger partial charge in [0.15, 0.2) is 9.84 Å². The van der Waals surface area contributed by atoms with E-state index in [-0.39, 0.29) is 0 Å². The fraction of sp³-hybridized carbons (Fsp3) is 0.480. The van der Waals surface area contributed by atoms with E-state index in [1.54, 1.807) is 12.1 Å². The summed E-state index contributed by atoms with van der Waals surface area (Å²) in [6.07, 6.45) is 11.3. The molecule has 0 atom stereocenters. The lowest BCUT2D eigenvalue weighted by Crippen LogP contribution is -2.13. The van der Waals surface area contributed by atoms with Gasteiger partial charge in [0, 0.05) is 29.9 Å². The average molecular weight is 425 g/mol. The predicted octanol–water partition coefficient (Wildman–Crippen LogP) is 5.89. The maximum atomic E-state index is 11.8. The predicted molar refractivity (Wildman–Crippen MR) is 123 cm³/mol. The maximum absolute atomic E-state index is 11.8.